The van der Waals surface area contributed by atoms with Gasteiger partial charge in [-0.05, 0) is 95.0 Å². The van der Waals surface area contributed by atoms with Crippen LogP contribution in [0, 0.1) is 11.7 Å². The maximum atomic E-state index is 15.3. The van der Waals surface area contributed by atoms with Gasteiger partial charge >= 0.3 is 6.18 Å². The first-order chi connectivity index (χ1) is 19.7. The van der Waals surface area contributed by atoms with E-state index in [-0.39, 0.29) is 42.3 Å². The molecule has 42 heavy (non-hydrogen) atoms. The number of rotatable bonds is 9. The summed E-state index contributed by atoms with van der Waals surface area (Å²) in [6, 6.07) is 8.86. The summed E-state index contributed by atoms with van der Waals surface area (Å²) in [6.07, 6.45) is 1.05. The zero-order valence-corrected chi connectivity index (χ0v) is 24.5. The first kappa shape index (κ1) is 29.0. The fraction of sp³-hybridized carbons (Fsp3) is 0.469. The summed E-state index contributed by atoms with van der Waals surface area (Å²) >= 11 is 0. The minimum atomic E-state index is -4.65. The lowest BCUT2D eigenvalue weighted by atomic mass is 9.84. The van der Waals surface area contributed by atoms with Crippen LogP contribution < -0.4 is 9.47 Å². The summed E-state index contributed by atoms with van der Waals surface area (Å²) in [5.41, 5.74) is 2.81. The molecule has 0 bridgehead atoms. The summed E-state index contributed by atoms with van der Waals surface area (Å²) in [6.45, 7) is 3.71. The zero-order chi connectivity index (χ0) is 30.0. The van der Waals surface area contributed by atoms with E-state index in [0.29, 0.717) is 35.3 Å². The largest absolute Gasteiger partial charge is 0.494 e. The van der Waals surface area contributed by atoms with Gasteiger partial charge in [0.15, 0.2) is 0 Å². The summed E-state index contributed by atoms with van der Waals surface area (Å²) in [7, 11) is -3.20. The normalized spacial score (nSPS) is 21.9. The van der Waals surface area contributed by atoms with Crippen molar-refractivity contribution in [2.75, 3.05) is 18.6 Å². The molecule has 3 aromatic rings. The van der Waals surface area contributed by atoms with Gasteiger partial charge in [-0.2, -0.15) is 13.2 Å². The second-order valence-electron chi connectivity index (χ2n) is 12.6. The first-order valence-corrected chi connectivity index (χ1v) is 16.2. The molecule has 5 nitrogen and oxygen atoms in total. The quantitative estimate of drug-likeness (QED) is 0.193. The van der Waals surface area contributed by atoms with Gasteiger partial charge in [0.25, 0.3) is 0 Å². The highest BCUT2D eigenvalue weighted by molar-refractivity contribution is 7.90. The van der Waals surface area contributed by atoms with E-state index in [4.69, 9.17) is 9.47 Å². The van der Waals surface area contributed by atoms with E-state index >= 15 is 4.39 Å². The molecule has 0 radical (unpaired) electrons. The monoisotopic (exact) mass is 603 g/mol. The van der Waals surface area contributed by atoms with Crippen LogP contribution >= 0.6 is 0 Å². The van der Waals surface area contributed by atoms with E-state index in [9.17, 15) is 21.6 Å². The summed E-state index contributed by atoms with van der Waals surface area (Å²) in [5, 5.41) is 0. The van der Waals surface area contributed by atoms with Crippen molar-refractivity contribution < 1.29 is 35.5 Å². The minimum absolute atomic E-state index is 0.0180. The molecule has 224 valence electrons. The molecule has 0 saturated heterocycles. The molecular formula is C32H33F4NO4S. The molecule has 3 aliphatic carbocycles. The van der Waals surface area contributed by atoms with E-state index in [1.54, 1.807) is 6.07 Å². The molecule has 1 heterocycles. The van der Waals surface area contributed by atoms with Crippen LogP contribution in [0.15, 0.2) is 42.6 Å². The lowest BCUT2D eigenvalue weighted by molar-refractivity contribution is -0.138. The molecule has 0 N–H and O–H groups in total. The highest BCUT2D eigenvalue weighted by Crippen LogP contribution is 2.56. The number of sulfone groups is 1. The van der Waals surface area contributed by atoms with E-state index in [0.717, 1.165) is 18.7 Å². The number of halogens is 4. The van der Waals surface area contributed by atoms with Crippen molar-refractivity contribution in [2.24, 2.45) is 5.92 Å². The molecule has 10 heteroatoms. The number of pyridine rings is 1. The number of ether oxygens (including phenoxy) is 2. The lowest BCUT2D eigenvalue weighted by Crippen LogP contribution is -2.15. The van der Waals surface area contributed by atoms with Crippen LogP contribution in [-0.2, 0) is 34.5 Å². The standard InChI is InChI=1S/C32H33F4NO4S/c1-31(2)15-25(22-6-5-21(13-28(22)32(34,35)36)40-7-4-8-42(3,38)39)24-11-20(29(33)14-27(24)31)17-41-30-12-19-9-18-10-23(18)26(19)16-37-30/h5-6,11-14,16,18,23,25H,4,7-10,15,17H2,1-3H3. The number of aromatic nitrogens is 1. The van der Waals surface area contributed by atoms with Gasteiger partial charge in [-0.1, -0.05) is 19.9 Å². The molecular weight excluding hydrogens is 570 g/mol. The van der Waals surface area contributed by atoms with Crippen LogP contribution in [0.2, 0.25) is 0 Å². The van der Waals surface area contributed by atoms with Crippen LogP contribution in [0.4, 0.5) is 17.6 Å². The highest BCUT2D eigenvalue weighted by atomic mass is 32.2. The first-order valence-electron chi connectivity index (χ1n) is 14.2. The Morgan fingerprint density at radius 2 is 1.83 bits per heavy atom. The van der Waals surface area contributed by atoms with E-state index < -0.39 is 38.7 Å². The third-order valence-electron chi connectivity index (χ3n) is 8.85. The van der Waals surface area contributed by atoms with Gasteiger partial charge in [-0.25, -0.2) is 17.8 Å². The van der Waals surface area contributed by atoms with Crippen molar-refractivity contribution in [2.45, 2.75) is 69.6 Å². The Kier molecular flexibility index (Phi) is 7.06. The maximum Gasteiger partial charge on any atom is 0.416 e. The predicted octanol–water partition coefficient (Wildman–Crippen LogP) is 7.10. The third-order valence-corrected chi connectivity index (χ3v) is 9.88. The average molecular weight is 604 g/mol. The molecule has 3 atom stereocenters. The summed E-state index contributed by atoms with van der Waals surface area (Å²) in [5.74, 6) is 0.556. The van der Waals surface area contributed by atoms with Gasteiger partial charge < -0.3 is 9.47 Å². The van der Waals surface area contributed by atoms with Gasteiger partial charge in [0.2, 0.25) is 5.88 Å². The molecule has 1 fully saturated rings. The zero-order valence-electron chi connectivity index (χ0n) is 23.7. The molecule has 6 rings (SSSR count). The van der Waals surface area contributed by atoms with Gasteiger partial charge in [-0.15, -0.1) is 0 Å². The molecule has 3 aliphatic rings. The second-order valence-corrected chi connectivity index (χ2v) is 14.8. The number of fused-ring (bicyclic) bond motifs is 4. The number of hydrogen-bond acceptors (Lipinski definition) is 5. The SMILES string of the molecule is CC1(C)CC(c2ccc(OCCCS(C)(=O)=O)cc2C(F)(F)F)c2cc(COc3cc4c(cn3)C3CC3C4)c(F)cc21. The van der Waals surface area contributed by atoms with Gasteiger partial charge in [-0.3, -0.25) is 0 Å². The fourth-order valence-electron chi connectivity index (χ4n) is 6.68. The van der Waals surface area contributed by atoms with Crippen molar-refractivity contribution in [1.29, 1.82) is 0 Å². The van der Waals surface area contributed by atoms with E-state index in [2.05, 4.69) is 4.98 Å². The average Bonchev–Trinajstić information content (AvgIpc) is 3.50. The molecule has 1 aromatic heterocycles. The molecule has 0 aliphatic heterocycles. The second kappa shape index (κ2) is 10.2. The van der Waals surface area contributed by atoms with Crippen molar-refractivity contribution in [3.63, 3.8) is 0 Å². The summed E-state index contributed by atoms with van der Waals surface area (Å²) < 4.78 is 92.4. The molecule has 1 saturated carbocycles. The minimum Gasteiger partial charge on any atom is -0.494 e. The third kappa shape index (κ3) is 5.74. The Labute approximate surface area is 243 Å². The van der Waals surface area contributed by atoms with Crippen molar-refractivity contribution >= 4 is 9.84 Å². The molecule has 2 aromatic carbocycles. The number of nitrogens with zero attached hydrogens (tertiary/aromatic N) is 1. The maximum absolute atomic E-state index is 15.3. The Bertz CT molecular complexity index is 1650. The summed E-state index contributed by atoms with van der Waals surface area (Å²) in [4.78, 5) is 4.40. The van der Waals surface area contributed by atoms with E-state index in [1.807, 2.05) is 26.1 Å². The number of hydrogen-bond donors (Lipinski definition) is 0. The molecule has 0 spiro atoms. The molecule has 3 unspecified atom stereocenters. The van der Waals surface area contributed by atoms with Crippen molar-refractivity contribution in [1.82, 2.24) is 4.98 Å². The Balaban J connectivity index is 1.26. The Morgan fingerprint density at radius 1 is 1.05 bits per heavy atom. The highest BCUT2D eigenvalue weighted by Gasteiger charge is 2.45. The molecule has 0 amide bonds. The smallest absolute Gasteiger partial charge is 0.416 e. The fourth-order valence-corrected chi connectivity index (χ4v) is 7.32. The Hall–Kier alpha value is -3.14. The van der Waals surface area contributed by atoms with Gasteiger partial charge in [0, 0.05) is 30.0 Å². The number of benzene rings is 2. The van der Waals surface area contributed by atoms with Crippen LogP contribution in [0.3, 0.4) is 0 Å². The number of alkyl halides is 3. The van der Waals surface area contributed by atoms with Crippen molar-refractivity contribution in [3.8, 4) is 11.6 Å². The van der Waals surface area contributed by atoms with Gasteiger partial charge in [0.05, 0.1) is 17.9 Å². The Morgan fingerprint density at radius 3 is 2.57 bits per heavy atom. The van der Waals surface area contributed by atoms with E-state index in [1.165, 1.54) is 35.7 Å². The van der Waals surface area contributed by atoms with Crippen LogP contribution in [0.25, 0.3) is 0 Å². The topological polar surface area (TPSA) is 65.5 Å². The lowest BCUT2D eigenvalue weighted by Gasteiger charge is -2.22. The van der Waals surface area contributed by atoms with Gasteiger partial charge in [0.1, 0.15) is 28.0 Å². The van der Waals surface area contributed by atoms with Crippen LogP contribution in [0.1, 0.15) is 83.9 Å². The van der Waals surface area contributed by atoms with Crippen LogP contribution in [-0.4, -0.2) is 32.0 Å². The van der Waals surface area contributed by atoms with Crippen molar-refractivity contribution in [3.05, 3.63) is 87.4 Å². The van der Waals surface area contributed by atoms with Crippen LogP contribution in [0.5, 0.6) is 11.6 Å². The predicted molar refractivity (Wildman–Crippen MR) is 150 cm³/mol.